The van der Waals surface area contributed by atoms with E-state index in [1.807, 2.05) is 24.3 Å². The number of H-pyrrole nitrogens is 1. The number of hydrogen-bond acceptors (Lipinski definition) is 2. The van der Waals surface area contributed by atoms with Crippen LogP contribution in [0, 0.1) is 17.3 Å². The van der Waals surface area contributed by atoms with Crippen LogP contribution < -0.4 is 5.32 Å². The Balaban J connectivity index is 1.44. The molecule has 0 atom stereocenters. The smallest absolute Gasteiger partial charge is 0.223 e. The molecule has 1 amide bonds. The molecule has 0 bridgehead atoms. The van der Waals surface area contributed by atoms with Crippen LogP contribution in [0.2, 0.25) is 0 Å². The third kappa shape index (κ3) is 3.97. The highest BCUT2D eigenvalue weighted by molar-refractivity contribution is 5.78. The van der Waals surface area contributed by atoms with Crippen LogP contribution in [-0.2, 0) is 11.2 Å². The monoisotopic (exact) mass is 327 g/mol. The van der Waals surface area contributed by atoms with E-state index >= 15 is 0 Å². The number of imidazole rings is 1. The Bertz CT molecular complexity index is 657. The molecule has 1 heterocycles. The highest BCUT2D eigenvalue weighted by atomic mass is 16.1. The normalized spacial score (nSPS) is 21.8. The zero-order chi connectivity index (χ0) is 17.2. The average Bonchev–Trinajstić information content (AvgIpc) is 2.96. The van der Waals surface area contributed by atoms with Crippen LogP contribution in [0.3, 0.4) is 0 Å². The van der Waals surface area contributed by atoms with E-state index in [2.05, 4.69) is 36.1 Å². The van der Waals surface area contributed by atoms with E-state index in [1.165, 1.54) is 12.8 Å². The molecule has 0 saturated heterocycles. The summed E-state index contributed by atoms with van der Waals surface area (Å²) in [7, 11) is 0. The molecule has 0 unspecified atom stereocenters. The van der Waals surface area contributed by atoms with Crippen LogP contribution in [0.5, 0.6) is 0 Å². The summed E-state index contributed by atoms with van der Waals surface area (Å²) in [6, 6.07) is 8.02. The van der Waals surface area contributed by atoms with Crippen molar-refractivity contribution in [2.75, 3.05) is 6.54 Å². The first kappa shape index (κ1) is 17.0. The van der Waals surface area contributed by atoms with E-state index < -0.39 is 0 Å². The Labute approximate surface area is 144 Å². The molecule has 1 aliphatic carbocycles. The van der Waals surface area contributed by atoms with Gasteiger partial charge in [0.05, 0.1) is 11.0 Å². The number of para-hydroxylation sites is 2. The van der Waals surface area contributed by atoms with E-state index in [9.17, 15) is 4.79 Å². The van der Waals surface area contributed by atoms with Crippen molar-refractivity contribution >= 4 is 16.9 Å². The Hall–Kier alpha value is -1.84. The molecule has 1 aliphatic rings. The Morgan fingerprint density at radius 2 is 1.92 bits per heavy atom. The van der Waals surface area contributed by atoms with Gasteiger partial charge in [0.2, 0.25) is 5.91 Å². The third-order valence-electron chi connectivity index (χ3n) is 5.42. The highest BCUT2D eigenvalue weighted by Crippen LogP contribution is 2.39. The summed E-state index contributed by atoms with van der Waals surface area (Å²) in [4.78, 5) is 20.2. The zero-order valence-electron chi connectivity index (χ0n) is 15.1. The van der Waals surface area contributed by atoms with Gasteiger partial charge in [-0.05, 0) is 49.1 Å². The second-order valence-corrected chi connectivity index (χ2v) is 8.16. The molecular formula is C20H29N3O. The molecule has 0 radical (unpaired) electrons. The lowest BCUT2D eigenvalue weighted by molar-refractivity contribution is -0.126. The molecule has 130 valence electrons. The van der Waals surface area contributed by atoms with Crippen LogP contribution in [-0.4, -0.2) is 22.4 Å². The molecule has 2 N–H and O–H groups in total. The minimum absolute atomic E-state index is 0.194. The quantitative estimate of drug-likeness (QED) is 0.889. The number of aromatic amines is 1. The molecule has 4 heteroatoms. The number of hydrogen-bond donors (Lipinski definition) is 2. The van der Waals surface area contributed by atoms with Gasteiger partial charge in [-0.25, -0.2) is 4.98 Å². The number of benzene rings is 1. The van der Waals surface area contributed by atoms with Crippen LogP contribution in [0.15, 0.2) is 24.3 Å². The van der Waals surface area contributed by atoms with E-state index in [1.54, 1.807) is 0 Å². The van der Waals surface area contributed by atoms with Crippen molar-refractivity contribution in [2.24, 2.45) is 17.3 Å². The number of nitrogens with one attached hydrogen (secondary N) is 2. The molecular weight excluding hydrogens is 298 g/mol. The van der Waals surface area contributed by atoms with Gasteiger partial charge < -0.3 is 10.3 Å². The summed E-state index contributed by atoms with van der Waals surface area (Å²) in [5.41, 5.74) is 2.40. The fourth-order valence-electron chi connectivity index (χ4n) is 3.79. The molecule has 0 aliphatic heterocycles. The van der Waals surface area contributed by atoms with E-state index in [0.717, 1.165) is 42.0 Å². The zero-order valence-corrected chi connectivity index (χ0v) is 15.1. The second kappa shape index (κ2) is 6.96. The van der Waals surface area contributed by atoms with Gasteiger partial charge in [0, 0.05) is 18.9 Å². The summed E-state index contributed by atoms with van der Waals surface area (Å²) in [5.74, 6) is 2.10. The molecule has 1 aromatic heterocycles. The molecule has 4 nitrogen and oxygen atoms in total. The van der Waals surface area contributed by atoms with E-state index in [4.69, 9.17) is 0 Å². The van der Waals surface area contributed by atoms with Crippen LogP contribution in [0.4, 0.5) is 0 Å². The summed E-state index contributed by atoms with van der Waals surface area (Å²) < 4.78 is 0. The van der Waals surface area contributed by atoms with Crippen molar-refractivity contribution in [1.29, 1.82) is 0 Å². The van der Waals surface area contributed by atoms with Gasteiger partial charge in [-0.2, -0.15) is 0 Å². The maximum atomic E-state index is 12.4. The lowest BCUT2D eigenvalue weighted by Gasteiger charge is -2.36. The third-order valence-corrected chi connectivity index (χ3v) is 5.42. The average molecular weight is 327 g/mol. The molecule has 1 saturated carbocycles. The standard InChI is InChI=1S/C20H29N3O/c1-20(2,3)15-10-8-14(9-11-15)19(24)21-13-12-18-22-16-6-4-5-7-17(16)23-18/h4-7,14-15H,8-13H2,1-3H3,(H,21,24)(H,22,23). The van der Waals surface area contributed by atoms with Gasteiger partial charge in [-0.3, -0.25) is 4.79 Å². The molecule has 1 aromatic carbocycles. The minimum Gasteiger partial charge on any atom is -0.355 e. The van der Waals surface area contributed by atoms with Crippen molar-refractivity contribution < 1.29 is 4.79 Å². The maximum absolute atomic E-state index is 12.4. The predicted molar refractivity (Wildman–Crippen MR) is 97.7 cm³/mol. The molecule has 24 heavy (non-hydrogen) atoms. The first-order valence-corrected chi connectivity index (χ1v) is 9.15. The highest BCUT2D eigenvalue weighted by Gasteiger charge is 2.32. The molecule has 0 spiro atoms. The summed E-state index contributed by atoms with van der Waals surface area (Å²) in [5, 5.41) is 3.10. The Kier molecular flexibility index (Phi) is 4.93. The fourth-order valence-corrected chi connectivity index (χ4v) is 3.79. The van der Waals surface area contributed by atoms with Crippen molar-refractivity contribution in [1.82, 2.24) is 15.3 Å². The number of nitrogens with zero attached hydrogens (tertiary/aromatic N) is 1. The van der Waals surface area contributed by atoms with Gasteiger partial charge in [0.1, 0.15) is 5.82 Å². The number of rotatable bonds is 4. The summed E-state index contributed by atoms with van der Waals surface area (Å²) in [6.45, 7) is 7.58. The van der Waals surface area contributed by atoms with Crippen molar-refractivity contribution in [2.45, 2.75) is 52.9 Å². The Morgan fingerprint density at radius 1 is 1.21 bits per heavy atom. The lowest BCUT2D eigenvalue weighted by Crippen LogP contribution is -2.36. The van der Waals surface area contributed by atoms with Crippen LogP contribution in [0.25, 0.3) is 11.0 Å². The van der Waals surface area contributed by atoms with Gasteiger partial charge in [-0.15, -0.1) is 0 Å². The number of aromatic nitrogens is 2. The van der Waals surface area contributed by atoms with Crippen molar-refractivity contribution in [3.8, 4) is 0 Å². The topological polar surface area (TPSA) is 57.8 Å². The molecule has 1 fully saturated rings. The van der Waals surface area contributed by atoms with Crippen LogP contribution in [0.1, 0.15) is 52.3 Å². The van der Waals surface area contributed by atoms with Crippen molar-refractivity contribution in [3.05, 3.63) is 30.1 Å². The second-order valence-electron chi connectivity index (χ2n) is 8.16. The fraction of sp³-hybridized carbons (Fsp3) is 0.600. The minimum atomic E-state index is 0.194. The van der Waals surface area contributed by atoms with E-state index in [0.29, 0.717) is 12.0 Å². The van der Waals surface area contributed by atoms with Crippen LogP contribution >= 0.6 is 0 Å². The summed E-state index contributed by atoms with van der Waals surface area (Å²) in [6.07, 6.45) is 5.14. The van der Waals surface area contributed by atoms with Gasteiger partial charge >= 0.3 is 0 Å². The van der Waals surface area contributed by atoms with Crippen molar-refractivity contribution in [3.63, 3.8) is 0 Å². The first-order chi connectivity index (χ1) is 11.4. The number of carbonyl (C=O) groups excluding carboxylic acids is 1. The lowest BCUT2D eigenvalue weighted by atomic mass is 9.69. The largest absolute Gasteiger partial charge is 0.355 e. The Morgan fingerprint density at radius 3 is 2.58 bits per heavy atom. The first-order valence-electron chi connectivity index (χ1n) is 9.15. The number of amides is 1. The molecule has 2 aromatic rings. The predicted octanol–water partition coefficient (Wildman–Crippen LogP) is 4.07. The maximum Gasteiger partial charge on any atom is 0.223 e. The number of carbonyl (C=O) groups is 1. The number of fused-ring (bicyclic) bond motifs is 1. The SMILES string of the molecule is CC(C)(C)C1CCC(C(=O)NCCc2nc3ccccc3[nH]2)CC1. The van der Waals surface area contributed by atoms with E-state index in [-0.39, 0.29) is 11.8 Å². The van der Waals surface area contributed by atoms with Gasteiger partial charge in [-0.1, -0.05) is 32.9 Å². The van der Waals surface area contributed by atoms with Gasteiger partial charge in [0.15, 0.2) is 0 Å². The van der Waals surface area contributed by atoms with Gasteiger partial charge in [0.25, 0.3) is 0 Å². The summed E-state index contributed by atoms with van der Waals surface area (Å²) >= 11 is 0. The molecule has 3 rings (SSSR count).